The van der Waals surface area contributed by atoms with Crippen LogP contribution in [0.4, 0.5) is 0 Å². The summed E-state index contributed by atoms with van der Waals surface area (Å²) >= 11 is 5.98. The fraction of sp³-hybridized carbons (Fsp3) is 0.100. The van der Waals surface area contributed by atoms with Crippen LogP contribution in [0.1, 0.15) is 5.76 Å². The van der Waals surface area contributed by atoms with E-state index in [1.807, 2.05) is 18.2 Å². The Kier molecular flexibility index (Phi) is 2.52. The van der Waals surface area contributed by atoms with Crippen LogP contribution in [0.2, 0.25) is 5.02 Å². The van der Waals surface area contributed by atoms with Gasteiger partial charge < -0.3 is 10.2 Å². The number of halogens is 1. The largest absolute Gasteiger partial charge is 0.440 e. The topological polar surface area (TPSA) is 52.0 Å². The molecule has 1 heterocycles. The summed E-state index contributed by atoms with van der Waals surface area (Å²) in [7, 11) is 0. The average Bonchev–Trinajstić information content (AvgIpc) is 2.67. The second-order valence-corrected chi connectivity index (χ2v) is 3.22. The highest BCUT2D eigenvalue weighted by atomic mass is 35.5. The number of oxazole rings is 1. The van der Waals surface area contributed by atoms with Gasteiger partial charge in [-0.3, -0.25) is 0 Å². The standard InChI is InChI=1S/C10H9ClN2O/c11-9-4-2-1-3-8(9)10-13-6-7(5-12)14-10/h1-4,6H,5,12H2. The summed E-state index contributed by atoms with van der Waals surface area (Å²) in [4.78, 5) is 4.09. The molecule has 0 radical (unpaired) electrons. The van der Waals surface area contributed by atoms with Gasteiger partial charge in [-0.05, 0) is 12.1 Å². The number of hydrogen-bond donors (Lipinski definition) is 1. The molecule has 2 N–H and O–H groups in total. The third-order valence-electron chi connectivity index (χ3n) is 1.86. The van der Waals surface area contributed by atoms with E-state index in [0.717, 1.165) is 5.56 Å². The smallest absolute Gasteiger partial charge is 0.227 e. The third kappa shape index (κ3) is 1.64. The first-order valence-electron chi connectivity index (χ1n) is 4.21. The van der Waals surface area contributed by atoms with Crippen LogP contribution in [0, 0.1) is 0 Å². The van der Waals surface area contributed by atoms with Crippen molar-refractivity contribution in [3.8, 4) is 11.5 Å². The molecule has 1 aromatic carbocycles. The molecule has 0 saturated carbocycles. The minimum absolute atomic E-state index is 0.345. The maximum atomic E-state index is 5.98. The molecule has 3 nitrogen and oxygen atoms in total. The highest BCUT2D eigenvalue weighted by Crippen LogP contribution is 2.26. The molecule has 0 spiro atoms. The van der Waals surface area contributed by atoms with Gasteiger partial charge in [0.05, 0.1) is 23.3 Å². The fourth-order valence-corrected chi connectivity index (χ4v) is 1.38. The fourth-order valence-electron chi connectivity index (χ4n) is 1.16. The summed E-state index contributed by atoms with van der Waals surface area (Å²) in [5.41, 5.74) is 6.20. The van der Waals surface area contributed by atoms with Crippen LogP contribution in [0.15, 0.2) is 34.9 Å². The van der Waals surface area contributed by atoms with Crippen molar-refractivity contribution in [3.05, 3.63) is 41.2 Å². The molecule has 0 aliphatic carbocycles. The minimum Gasteiger partial charge on any atom is -0.440 e. The summed E-state index contributed by atoms with van der Waals surface area (Å²) in [5.74, 6) is 1.16. The predicted molar refractivity (Wildman–Crippen MR) is 54.8 cm³/mol. The van der Waals surface area contributed by atoms with E-state index < -0.39 is 0 Å². The molecule has 14 heavy (non-hydrogen) atoms. The van der Waals surface area contributed by atoms with E-state index in [9.17, 15) is 0 Å². The molecule has 0 saturated heterocycles. The molecule has 0 atom stereocenters. The number of hydrogen-bond acceptors (Lipinski definition) is 3. The predicted octanol–water partition coefficient (Wildman–Crippen LogP) is 2.45. The molecule has 1 aromatic heterocycles. The van der Waals surface area contributed by atoms with Crippen LogP contribution in [-0.4, -0.2) is 4.98 Å². The number of rotatable bonds is 2. The monoisotopic (exact) mass is 208 g/mol. The Bertz CT molecular complexity index is 439. The first-order valence-corrected chi connectivity index (χ1v) is 4.58. The molecule has 0 aliphatic heterocycles. The van der Waals surface area contributed by atoms with Crippen molar-refractivity contribution in [2.45, 2.75) is 6.54 Å². The van der Waals surface area contributed by atoms with E-state index in [1.54, 1.807) is 12.3 Å². The van der Waals surface area contributed by atoms with Gasteiger partial charge in [0, 0.05) is 0 Å². The number of nitrogens with two attached hydrogens (primary N) is 1. The zero-order valence-electron chi connectivity index (χ0n) is 7.40. The van der Waals surface area contributed by atoms with Crippen molar-refractivity contribution >= 4 is 11.6 Å². The second-order valence-electron chi connectivity index (χ2n) is 2.82. The van der Waals surface area contributed by atoms with Crippen LogP contribution < -0.4 is 5.73 Å². The Morgan fingerprint density at radius 3 is 2.79 bits per heavy atom. The molecule has 0 aliphatic rings. The molecule has 2 aromatic rings. The lowest BCUT2D eigenvalue weighted by Gasteiger charge is -1.97. The summed E-state index contributed by atoms with van der Waals surface area (Å²) in [6.07, 6.45) is 1.61. The number of benzene rings is 1. The van der Waals surface area contributed by atoms with E-state index in [2.05, 4.69) is 4.98 Å². The lowest BCUT2D eigenvalue weighted by molar-refractivity contribution is 0.521. The van der Waals surface area contributed by atoms with Crippen molar-refractivity contribution in [2.75, 3.05) is 0 Å². The van der Waals surface area contributed by atoms with E-state index in [1.165, 1.54) is 0 Å². The van der Waals surface area contributed by atoms with Gasteiger partial charge in [0.15, 0.2) is 0 Å². The molecule has 0 bridgehead atoms. The van der Waals surface area contributed by atoms with Crippen LogP contribution in [0.25, 0.3) is 11.5 Å². The van der Waals surface area contributed by atoms with Gasteiger partial charge in [0.2, 0.25) is 5.89 Å². The zero-order valence-corrected chi connectivity index (χ0v) is 8.16. The minimum atomic E-state index is 0.345. The Morgan fingerprint density at radius 1 is 1.36 bits per heavy atom. The number of nitrogens with zero attached hydrogens (tertiary/aromatic N) is 1. The third-order valence-corrected chi connectivity index (χ3v) is 2.19. The van der Waals surface area contributed by atoms with Gasteiger partial charge in [-0.2, -0.15) is 0 Å². The van der Waals surface area contributed by atoms with Crippen molar-refractivity contribution in [1.82, 2.24) is 4.98 Å². The molecular weight excluding hydrogens is 200 g/mol. The normalized spacial score (nSPS) is 10.4. The second kappa shape index (κ2) is 3.82. The summed E-state index contributed by atoms with van der Waals surface area (Å²) in [5, 5.41) is 0.623. The van der Waals surface area contributed by atoms with Gasteiger partial charge in [-0.1, -0.05) is 23.7 Å². The summed E-state index contributed by atoms with van der Waals surface area (Å²) in [6.45, 7) is 0.345. The Balaban J connectivity index is 2.44. The van der Waals surface area contributed by atoms with E-state index in [-0.39, 0.29) is 0 Å². The highest BCUT2D eigenvalue weighted by molar-refractivity contribution is 6.33. The van der Waals surface area contributed by atoms with Crippen LogP contribution in [-0.2, 0) is 6.54 Å². The quantitative estimate of drug-likeness (QED) is 0.825. The van der Waals surface area contributed by atoms with Gasteiger partial charge in [-0.15, -0.1) is 0 Å². The van der Waals surface area contributed by atoms with Crippen LogP contribution >= 0.6 is 11.6 Å². The SMILES string of the molecule is NCc1cnc(-c2ccccc2Cl)o1. The molecule has 0 unspecified atom stereocenters. The lowest BCUT2D eigenvalue weighted by atomic mass is 10.2. The maximum Gasteiger partial charge on any atom is 0.227 e. The Morgan fingerprint density at radius 2 is 2.14 bits per heavy atom. The molecule has 4 heteroatoms. The van der Waals surface area contributed by atoms with Gasteiger partial charge in [0.25, 0.3) is 0 Å². The first-order chi connectivity index (χ1) is 6.81. The molecule has 2 rings (SSSR count). The average molecular weight is 209 g/mol. The van der Waals surface area contributed by atoms with Crippen molar-refractivity contribution in [2.24, 2.45) is 5.73 Å². The highest BCUT2D eigenvalue weighted by Gasteiger charge is 2.08. The van der Waals surface area contributed by atoms with E-state index >= 15 is 0 Å². The Labute approximate surface area is 86.5 Å². The van der Waals surface area contributed by atoms with Gasteiger partial charge in [0.1, 0.15) is 5.76 Å². The van der Waals surface area contributed by atoms with E-state index in [4.69, 9.17) is 21.8 Å². The van der Waals surface area contributed by atoms with Crippen LogP contribution in [0.3, 0.4) is 0 Å². The summed E-state index contributed by atoms with van der Waals surface area (Å²) < 4.78 is 5.38. The Hall–Kier alpha value is -1.32. The molecule has 0 amide bonds. The first kappa shape index (κ1) is 9.24. The van der Waals surface area contributed by atoms with Gasteiger partial charge >= 0.3 is 0 Å². The van der Waals surface area contributed by atoms with Crippen LogP contribution in [0.5, 0.6) is 0 Å². The van der Waals surface area contributed by atoms with Crippen molar-refractivity contribution in [3.63, 3.8) is 0 Å². The van der Waals surface area contributed by atoms with E-state index in [0.29, 0.717) is 23.2 Å². The number of aromatic nitrogens is 1. The van der Waals surface area contributed by atoms with Gasteiger partial charge in [-0.25, -0.2) is 4.98 Å². The van der Waals surface area contributed by atoms with Crippen molar-refractivity contribution < 1.29 is 4.42 Å². The summed E-state index contributed by atoms with van der Waals surface area (Å²) in [6, 6.07) is 7.39. The molecule has 0 fully saturated rings. The molecular formula is C10H9ClN2O. The zero-order chi connectivity index (χ0) is 9.97. The maximum absolute atomic E-state index is 5.98. The lowest BCUT2D eigenvalue weighted by Crippen LogP contribution is -1.92. The van der Waals surface area contributed by atoms with Crippen molar-refractivity contribution in [1.29, 1.82) is 0 Å². The molecule has 72 valence electrons.